The van der Waals surface area contributed by atoms with E-state index in [1.807, 2.05) is 54.2 Å². The van der Waals surface area contributed by atoms with Crippen molar-refractivity contribution < 1.29 is 9.90 Å². The third-order valence-electron chi connectivity index (χ3n) is 4.19. The Morgan fingerprint density at radius 1 is 1.16 bits per heavy atom. The van der Waals surface area contributed by atoms with Crippen LogP contribution in [0.15, 0.2) is 67.0 Å². The quantitative estimate of drug-likeness (QED) is 0.728. The van der Waals surface area contributed by atoms with Gasteiger partial charge in [-0.05, 0) is 11.6 Å². The molecule has 0 aliphatic rings. The Hall–Kier alpha value is -3.08. The lowest BCUT2D eigenvalue weighted by Crippen LogP contribution is -2.31. The Bertz CT molecular complexity index is 843. The van der Waals surface area contributed by atoms with E-state index in [0.29, 0.717) is 12.0 Å². The van der Waals surface area contributed by atoms with Gasteiger partial charge in [-0.15, -0.1) is 0 Å². The molecule has 1 aromatic heterocycles. The molecule has 1 amide bonds. The molecule has 0 spiro atoms. The average Bonchev–Trinajstić information content (AvgIpc) is 3.02. The maximum atomic E-state index is 12.5. The molecule has 0 radical (unpaired) electrons. The van der Waals surface area contributed by atoms with Crippen LogP contribution in [0, 0.1) is 0 Å². The zero-order chi connectivity index (χ0) is 17.6. The van der Waals surface area contributed by atoms with Crippen LogP contribution >= 0.6 is 0 Å². The van der Waals surface area contributed by atoms with E-state index in [2.05, 4.69) is 10.3 Å². The van der Waals surface area contributed by atoms with E-state index in [-0.39, 0.29) is 24.1 Å². The van der Waals surface area contributed by atoms with E-state index in [9.17, 15) is 9.90 Å². The number of hydrogen-bond donors (Lipinski definition) is 2. The highest BCUT2D eigenvalue weighted by atomic mass is 16.3. The summed E-state index contributed by atoms with van der Waals surface area (Å²) in [5.41, 5.74) is 1.64. The van der Waals surface area contributed by atoms with Crippen LogP contribution in [0.5, 0.6) is 5.75 Å². The number of rotatable bonds is 6. The van der Waals surface area contributed by atoms with Crippen LogP contribution in [0.3, 0.4) is 0 Å². The van der Waals surface area contributed by atoms with E-state index in [4.69, 9.17) is 0 Å². The van der Waals surface area contributed by atoms with Gasteiger partial charge in [0.2, 0.25) is 5.91 Å². The molecule has 2 aromatic carbocycles. The number of phenols is 1. The molecule has 0 aliphatic heterocycles. The number of aromatic nitrogens is 2. The van der Waals surface area contributed by atoms with Gasteiger partial charge < -0.3 is 15.0 Å². The topological polar surface area (TPSA) is 67.2 Å². The molecule has 1 atom stereocenters. The summed E-state index contributed by atoms with van der Waals surface area (Å²) < 4.78 is 1.95. The van der Waals surface area contributed by atoms with Gasteiger partial charge in [-0.1, -0.05) is 48.5 Å². The summed E-state index contributed by atoms with van der Waals surface area (Å²) in [6, 6.07) is 16.6. The number of carbonyl (C=O) groups is 1. The summed E-state index contributed by atoms with van der Waals surface area (Å²) in [7, 11) is 1.94. The SMILES string of the molecule is Cn1ccnc1C[C@@H](NC(=O)Cc1ccccc1O)c1ccccc1. The lowest BCUT2D eigenvalue weighted by molar-refractivity contribution is -0.121. The summed E-state index contributed by atoms with van der Waals surface area (Å²) in [5, 5.41) is 12.9. The van der Waals surface area contributed by atoms with Crippen molar-refractivity contribution in [3.63, 3.8) is 0 Å². The number of para-hydroxylation sites is 1. The molecule has 25 heavy (non-hydrogen) atoms. The summed E-state index contributed by atoms with van der Waals surface area (Å²) >= 11 is 0. The first-order valence-electron chi connectivity index (χ1n) is 8.21. The molecule has 0 fully saturated rings. The van der Waals surface area contributed by atoms with Crippen LogP contribution in [0.2, 0.25) is 0 Å². The first-order chi connectivity index (χ1) is 12.1. The summed E-state index contributed by atoms with van der Waals surface area (Å²) in [6.45, 7) is 0. The number of carbonyl (C=O) groups excluding carboxylic acids is 1. The number of phenolic OH excluding ortho intramolecular Hbond substituents is 1. The highest BCUT2D eigenvalue weighted by molar-refractivity contribution is 5.79. The highest BCUT2D eigenvalue weighted by Gasteiger charge is 2.18. The largest absolute Gasteiger partial charge is 0.508 e. The van der Waals surface area contributed by atoms with Crippen LogP contribution in [0.25, 0.3) is 0 Å². The van der Waals surface area contributed by atoms with Crippen molar-refractivity contribution in [1.82, 2.24) is 14.9 Å². The molecule has 0 saturated carbocycles. The molecule has 5 heteroatoms. The Kier molecular flexibility index (Phi) is 5.14. The molecule has 5 nitrogen and oxygen atoms in total. The minimum absolute atomic E-state index is 0.135. The monoisotopic (exact) mass is 335 g/mol. The van der Waals surface area contributed by atoms with Gasteiger partial charge in [-0.25, -0.2) is 4.98 Å². The Balaban J connectivity index is 1.76. The predicted octanol–water partition coefficient (Wildman–Crippen LogP) is 2.77. The molecule has 0 unspecified atom stereocenters. The van der Waals surface area contributed by atoms with E-state index < -0.39 is 0 Å². The standard InChI is InChI=1S/C20H21N3O2/c1-23-12-11-21-19(23)14-17(15-7-3-2-4-8-15)22-20(25)13-16-9-5-6-10-18(16)24/h2-12,17,24H,13-14H2,1H3,(H,22,25)/t17-/m1/s1. The van der Waals surface area contributed by atoms with Crippen molar-refractivity contribution in [3.8, 4) is 5.75 Å². The van der Waals surface area contributed by atoms with Crippen LogP contribution in [-0.4, -0.2) is 20.6 Å². The first kappa shape index (κ1) is 16.8. The maximum Gasteiger partial charge on any atom is 0.225 e. The number of nitrogens with one attached hydrogen (secondary N) is 1. The number of amides is 1. The molecule has 2 N–H and O–H groups in total. The smallest absolute Gasteiger partial charge is 0.225 e. The fourth-order valence-electron chi connectivity index (χ4n) is 2.79. The van der Waals surface area contributed by atoms with Gasteiger partial charge in [0.25, 0.3) is 0 Å². The number of aromatic hydroxyl groups is 1. The van der Waals surface area contributed by atoms with Crippen molar-refractivity contribution in [2.24, 2.45) is 7.05 Å². The average molecular weight is 335 g/mol. The normalized spacial score (nSPS) is 11.9. The van der Waals surface area contributed by atoms with Crippen LogP contribution in [0.4, 0.5) is 0 Å². The van der Waals surface area contributed by atoms with Crippen LogP contribution in [0.1, 0.15) is 23.0 Å². The molecule has 1 heterocycles. The molecule has 3 aromatic rings. The van der Waals surface area contributed by atoms with Gasteiger partial charge in [-0.3, -0.25) is 4.79 Å². The van der Waals surface area contributed by atoms with E-state index in [1.165, 1.54) is 0 Å². The lowest BCUT2D eigenvalue weighted by atomic mass is 10.0. The molecule has 0 bridgehead atoms. The second-order valence-corrected chi connectivity index (χ2v) is 5.99. The van der Waals surface area contributed by atoms with Crippen molar-refractivity contribution in [1.29, 1.82) is 0 Å². The van der Waals surface area contributed by atoms with Crippen LogP contribution in [-0.2, 0) is 24.7 Å². The minimum Gasteiger partial charge on any atom is -0.508 e. The second kappa shape index (κ2) is 7.66. The molecule has 3 rings (SSSR count). The van der Waals surface area contributed by atoms with Gasteiger partial charge in [0.05, 0.1) is 12.5 Å². The lowest BCUT2D eigenvalue weighted by Gasteiger charge is -2.19. The van der Waals surface area contributed by atoms with E-state index in [0.717, 1.165) is 11.4 Å². The van der Waals surface area contributed by atoms with Crippen LogP contribution < -0.4 is 5.32 Å². The van der Waals surface area contributed by atoms with Gasteiger partial charge in [0.15, 0.2) is 0 Å². The predicted molar refractivity (Wildman–Crippen MR) is 96.0 cm³/mol. The van der Waals surface area contributed by atoms with E-state index >= 15 is 0 Å². The molecule has 128 valence electrons. The number of benzene rings is 2. The van der Waals surface area contributed by atoms with Crippen molar-refractivity contribution in [2.45, 2.75) is 18.9 Å². The third kappa shape index (κ3) is 4.26. The second-order valence-electron chi connectivity index (χ2n) is 5.99. The Morgan fingerprint density at radius 2 is 1.88 bits per heavy atom. The summed E-state index contributed by atoms with van der Waals surface area (Å²) in [5.74, 6) is 0.902. The number of imidazole rings is 1. The highest BCUT2D eigenvalue weighted by Crippen LogP contribution is 2.19. The zero-order valence-corrected chi connectivity index (χ0v) is 14.1. The maximum absolute atomic E-state index is 12.5. The Labute approximate surface area is 147 Å². The number of aryl methyl sites for hydroxylation is 1. The molecule has 0 saturated heterocycles. The van der Waals surface area contributed by atoms with Gasteiger partial charge in [0.1, 0.15) is 11.6 Å². The summed E-state index contributed by atoms with van der Waals surface area (Å²) in [6.07, 6.45) is 4.37. The fourth-order valence-corrected chi connectivity index (χ4v) is 2.79. The van der Waals surface area contributed by atoms with Gasteiger partial charge in [0, 0.05) is 31.4 Å². The molecule has 0 aliphatic carbocycles. The minimum atomic E-state index is -0.180. The summed E-state index contributed by atoms with van der Waals surface area (Å²) in [4.78, 5) is 16.9. The van der Waals surface area contributed by atoms with Crippen molar-refractivity contribution in [2.75, 3.05) is 0 Å². The zero-order valence-electron chi connectivity index (χ0n) is 14.1. The molecular formula is C20H21N3O2. The molecular weight excluding hydrogens is 314 g/mol. The fraction of sp³-hybridized carbons (Fsp3) is 0.200. The third-order valence-corrected chi connectivity index (χ3v) is 4.19. The van der Waals surface area contributed by atoms with Crippen molar-refractivity contribution >= 4 is 5.91 Å². The number of nitrogens with zero attached hydrogens (tertiary/aromatic N) is 2. The first-order valence-corrected chi connectivity index (χ1v) is 8.21. The van der Waals surface area contributed by atoms with Gasteiger partial charge >= 0.3 is 0 Å². The number of hydrogen-bond acceptors (Lipinski definition) is 3. The Morgan fingerprint density at radius 3 is 2.56 bits per heavy atom. The van der Waals surface area contributed by atoms with Gasteiger partial charge in [-0.2, -0.15) is 0 Å². The van der Waals surface area contributed by atoms with Crippen molar-refractivity contribution in [3.05, 3.63) is 83.9 Å². The van der Waals surface area contributed by atoms with E-state index in [1.54, 1.807) is 24.4 Å².